The maximum absolute atomic E-state index is 13.3. The van der Waals surface area contributed by atoms with Crippen LogP contribution in [0.5, 0.6) is 0 Å². The van der Waals surface area contributed by atoms with Gasteiger partial charge in [0.05, 0.1) is 48.1 Å². The number of nitriles is 1. The van der Waals surface area contributed by atoms with Crippen LogP contribution in [0, 0.1) is 11.3 Å². The van der Waals surface area contributed by atoms with Gasteiger partial charge < -0.3 is 20.1 Å². The van der Waals surface area contributed by atoms with Crippen molar-refractivity contribution >= 4 is 35.1 Å². The van der Waals surface area contributed by atoms with E-state index >= 15 is 0 Å². The highest BCUT2D eigenvalue weighted by Gasteiger charge is 2.43. The largest absolute Gasteiger partial charge is 0.466 e. The summed E-state index contributed by atoms with van der Waals surface area (Å²) in [7, 11) is 2.34. The molecule has 0 spiro atoms. The minimum Gasteiger partial charge on any atom is -0.466 e. The van der Waals surface area contributed by atoms with E-state index in [-0.39, 0.29) is 39.3 Å². The van der Waals surface area contributed by atoms with E-state index in [1.54, 1.807) is 41.3 Å². The van der Waals surface area contributed by atoms with Gasteiger partial charge in [0.25, 0.3) is 5.91 Å². The second-order valence-corrected chi connectivity index (χ2v) is 9.26. The van der Waals surface area contributed by atoms with Crippen molar-refractivity contribution in [3.8, 4) is 6.07 Å². The van der Waals surface area contributed by atoms with Crippen LogP contribution < -0.4 is 10.6 Å². The summed E-state index contributed by atoms with van der Waals surface area (Å²) in [5, 5.41) is 10.3. The van der Waals surface area contributed by atoms with Crippen molar-refractivity contribution in [1.82, 2.24) is 4.90 Å². The number of amides is 1. The van der Waals surface area contributed by atoms with Crippen molar-refractivity contribution in [3.05, 3.63) is 87.3 Å². The van der Waals surface area contributed by atoms with E-state index in [1.807, 2.05) is 0 Å². The number of methoxy groups -OCH3 is 2. The average Bonchev–Trinajstić information content (AvgIpc) is 2.96. The quantitative estimate of drug-likeness (QED) is 0.573. The third-order valence-corrected chi connectivity index (χ3v) is 7.01. The zero-order valence-corrected chi connectivity index (χ0v) is 21.8. The molecule has 0 radical (unpaired) electrons. The van der Waals surface area contributed by atoms with Gasteiger partial charge in [-0.2, -0.15) is 5.26 Å². The summed E-state index contributed by atoms with van der Waals surface area (Å²) in [6.45, 7) is 1.28. The number of benzene rings is 2. The molecular weight excluding hydrogens is 508 g/mol. The molecule has 1 atom stereocenters. The number of esters is 2. The Kier molecular flexibility index (Phi) is 8.03. The summed E-state index contributed by atoms with van der Waals surface area (Å²) in [5.74, 6) is -3.06. The van der Waals surface area contributed by atoms with E-state index in [9.17, 15) is 19.6 Å². The molecule has 2 heterocycles. The molecule has 38 heavy (non-hydrogen) atoms. The van der Waals surface area contributed by atoms with Crippen LogP contribution in [0.2, 0.25) is 5.02 Å². The first-order valence-corrected chi connectivity index (χ1v) is 12.5. The molecule has 1 saturated heterocycles. The van der Waals surface area contributed by atoms with Gasteiger partial charge in [0, 0.05) is 18.7 Å². The number of nitrogens with two attached hydrogens (primary N) is 1. The van der Waals surface area contributed by atoms with E-state index in [0.717, 1.165) is 26.4 Å². The number of ether oxygens (including phenoxy) is 2. The van der Waals surface area contributed by atoms with Gasteiger partial charge >= 0.3 is 11.9 Å². The Bertz CT molecular complexity index is 1370. The van der Waals surface area contributed by atoms with Gasteiger partial charge in [0.15, 0.2) is 0 Å². The summed E-state index contributed by atoms with van der Waals surface area (Å²) in [6, 6.07) is 15.4. The molecular formula is C28H27ClN4O5. The molecule has 10 heteroatoms. The van der Waals surface area contributed by atoms with E-state index < -0.39 is 17.9 Å². The number of anilines is 1. The number of allylic oxidation sites excluding steroid dienone is 1. The minimum absolute atomic E-state index is 0.00748. The summed E-state index contributed by atoms with van der Waals surface area (Å²) in [5.41, 5.74) is 7.19. The van der Waals surface area contributed by atoms with Crippen LogP contribution in [0.15, 0.2) is 71.2 Å². The highest BCUT2D eigenvalue weighted by Crippen LogP contribution is 2.44. The first-order valence-electron chi connectivity index (χ1n) is 12.1. The van der Waals surface area contributed by atoms with E-state index in [0.29, 0.717) is 24.2 Å². The van der Waals surface area contributed by atoms with Crippen molar-refractivity contribution < 1.29 is 23.9 Å². The summed E-state index contributed by atoms with van der Waals surface area (Å²) in [4.78, 5) is 42.7. The summed E-state index contributed by atoms with van der Waals surface area (Å²) < 4.78 is 10.1. The number of hydrogen-bond donors (Lipinski definition) is 1. The molecule has 2 aromatic rings. The van der Waals surface area contributed by atoms with Gasteiger partial charge in [0.2, 0.25) is 0 Å². The Morgan fingerprint density at radius 2 is 1.66 bits per heavy atom. The molecule has 0 aromatic heterocycles. The van der Waals surface area contributed by atoms with Gasteiger partial charge in [-0.1, -0.05) is 41.9 Å². The third-order valence-electron chi connectivity index (χ3n) is 6.69. The second-order valence-electron chi connectivity index (χ2n) is 8.85. The summed E-state index contributed by atoms with van der Waals surface area (Å²) >= 11 is 6.59. The molecule has 1 unspecified atom stereocenters. The number of hydrogen-bond acceptors (Lipinski definition) is 8. The van der Waals surface area contributed by atoms with Crippen molar-refractivity contribution in [2.24, 2.45) is 5.73 Å². The monoisotopic (exact) mass is 534 g/mol. The number of piperidine rings is 1. The predicted octanol–water partition coefficient (Wildman–Crippen LogP) is 3.86. The van der Waals surface area contributed by atoms with Gasteiger partial charge in [0.1, 0.15) is 11.5 Å². The standard InChI is InChI=1S/C28H27ClN4O5/c1-37-27(35)23-22(17-9-5-3-6-10-17)19(16-30)25(31)33(24(23)28(36)38-2)21-15-18(11-12-20(21)29)26(34)32-13-7-4-8-14-32/h3,5-6,9-12,15,22H,4,7-8,13-14,31H2,1-2H3. The predicted molar refractivity (Wildman–Crippen MR) is 141 cm³/mol. The van der Waals surface area contributed by atoms with Crippen molar-refractivity contribution in [3.63, 3.8) is 0 Å². The zero-order valence-electron chi connectivity index (χ0n) is 21.1. The lowest BCUT2D eigenvalue weighted by Gasteiger charge is -2.36. The molecule has 196 valence electrons. The van der Waals surface area contributed by atoms with Crippen LogP contribution in [0.1, 0.15) is 41.1 Å². The molecule has 2 aromatic carbocycles. The first kappa shape index (κ1) is 26.8. The molecule has 2 aliphatic heterocycles. The molecule has 0 saturated carbocycles. The van der Waals surface area contributed by atoms with Gasteiger partial charge in [-0.25, -0.2) is 9.59 Å². The fourth-order valence-corrected chi connectivity index (χ4v) is 5.06. The Labute approximate surface area is 225 Å². The number of carbonyl (C=O) groups is 3. The van der Waals surface area contributed by atoms with Gasteiger partial charge in [-0.05, 0) is 43.0 Å². The molecule has 4 rings (SSSR count). The highest BCUT2D eigenvalue weighted by molar-refractivity contribution is 6.33. The topological polar surface area (TPSA) is 126 Å². The smallest absolute Gasteiger partial charge is 0.355 e. The fourth-order valence-electron chi connectivity index (χ4n) is 4.86. The first-order chi connectivity index (χ1) is 18.3. The SMILES string of the molecule is COC(=O)C1=C(C(=O)OC)N(c2cc(C(=O)N3CCCCC3)ccc2Cl)C(N)=C(C#N)C1c1ccccc1. The maximum atomic E-state index is 13.3. The van der Waals surface area contributed by atoms with Crippen LogP contribution in [-0.2, 0) is 19.1 Å². The second kappa shape index (κ2) is 11.4. The molecule has 1 fully saturated rings. The Morgan fingerprint density at radius 3 is 2.26 bits per heavy atom. The number of rotatable bonds is 5. The Balaban J connectivity index is 1.97. The van der Waals surface area contributed by atoms with E-state index in [2.05, 4.69) is 6.07 Å². The normalized spacial score (nSPS) is 17.7. The zero-order chi connectivity index (χ0) is 27.4. The van der Waals surface area contributed by atoms with Crippen molar-refractivity contribution in [1.29, 1.82) is 5.26 Å². The van der Waals surface area contributed by atoms with Gasteiger partial charge in [-0.15, -0.1) is 0 Å². The number of likely N-dealkylation sites (tertiary alicyclic amines) is 1. The molecule has 2 N–H and O–H groups in total. The van der Waals surface area contributed by atoms with E-state index in [4.69, 9.17) is 26.8 Å². The van der Waals surface area contributed by atoms with Crippen LogP contribution >= 0.6 is 11.6 Å². The lowest BCUT2D eigenvalue weighted by molar-refractivity contribution is -0.139. The minimum atomic E-state index is -1.00. The molecule has 2 aliphatic rings. The van der Waals surface area contributed by atoms with Crippen LogP contribution in [-0.4, -0.2) is 50.1 Å². The molecule has 0 bridgehead atoms. The molecule has 9 nitrogen and oxygen atoms in total. The van der Waals surface area contributed by atoms with Crippen LogP contribution in [0.4, 0.5) is 5.69 Å². The number of carbonyl (C=O) groups excluding carboxylic acids is 3. The fraction of sp³-hybridized carbons (Fsp3) is 0.286. The van der Waals surface area contributed by atoms with E-state index in [1.165, 1.54) is 24.1 Å². The lowest BCUT2D eigenvalue weighted by Crippen LogP contribution is -2.41. The summed E-state index contributed by atoms with van der Waals surface area (Å²) in [6.07, 6.45) is 2.89. The van der Waals surface area contributed by atoms with Crippen LogP contribution in [0.3, 0.4) is 0 Å². The van der Waals surface area contributed by atoms with Crippen molar-refractivity contribution in [2.45, 2.75) is 25.2 Å². The average molecular weight is 535 g/mol. The lowest BCUT2D eigenvalue weighted by atomic mass is 9.81. The van der Waals surface area contributed by atoms with Crippen molar-refractivity contribution in [2.75, 3.05) is 32.2 Å². The molecule has 1 amide bonds. The number of nitrogens with zero attached hydrogens (tertiary/aromatic N) is 3. The Hall–Kier alpha value is -4.29. The highest BCUT2D eigenvalue weighted by atomic mass is 35.5. The maximum Gasteiger partial charge on any atom is 0.355 e. The molecule has 0 aliphatic carbocycles. The Morgan fingerprint density at radius 1 is 1.00 bits per heavy atom. The van der Waals surface area contributed by atoms with Gasteiger partial charge in [-0.3, -0.25) is 9.69 Å². The third kappa shape index (κ3) is 4.83. The van der Waals surface area contributed by atoms with Crippen LogP contribution in [0.25, 0.3) is 0 Å². The number of halogens is 1.